The molecule has 15 heavy (non-hydrogen) atoms. The first kappa shape index (κ1) is 12.6. The van der Waals surface area contributed by atoms with Gasteiger partial charge >= 0.3 is 5.97 Å². The van der Waals surface area contributed by atoms with Gasteiger partial charge in [0.25, 0.3) is 0 Å². The molecule has 0 atom stereocenters. The van der Waals surface area contributed by atoms with E-state index in [9.17, 15) is 4.79 Å². The molecule has 0 spiro atoms. The molecule has 1 aromatic carbocycles. The number of carbonyl (C=O) groups is 1. The number of aromatic carboxylic acids is 1. The van der Waals surface area contributed by atoms with Gasteiger partial charge in [-0.1, -0.05) is 36.7 Å². The van der Waals surface area contributed by atoms with Crippen LogP contribution < -0.4 is 0 Å². The third-order valence-corrected chi connectivity index (χ3v) is 3.27. The second-order valence-corrected chi connectivity index (χ2v) is 6.94. The predicted molar refractivity (Wildman–Crippen MR) is 66.7 cm³/mol. The van der Waals surface area contributed by atoms with Crippen molar-refractivity contribution in [3.63, 3.8) is 0 Å². The van der Waals surface area contributed by atoms with Gasteiger partial charge in [-0.2, -0.15) is 0 Å². The van der Waals surface area contributed by atoms with Crippen molar-refractivity contribution < 1.29 is 9.90 Å². The molecule has 0 radical (unpaired) electrons. The highest BCUT2D eigenvalue weighted by atomic mass is 79.9. The lowest BCUT2D eigenvalue weighted by Gasteiger charge is -2.18. The van der Waals surface area contributed by atoms with Crippen LogP contribution in [0, 0.1) is 0 Å². The molecule has 0 aliphatic heterocycles. The van der Waals surface area contributed by atoms with Crippen LogP contribution in [0.4, 0.5) is 0 Å². The van der Waals surface area contributed by atoms with Crippen molar-refractivity contribution in [3.8, 4) is 0 Å². The van der Waals surface area contributed by atoms with Crippen LogP contribution in [-0.4, -0.2) is 15.8 Å². The Labute approximate surface area is 102 Å². The molecule has 0 aliphatic carbocycles. The van der Waals surface area contributed by atoms with Gasteiger partial charge in [0.2, 0.25) is 0 Å². The van der Waals surface area contributed by atoms with Crippen LogP contribution in [-0.2, 0) is 0 Å². The second-order valence-electron chi connectivity index (χ2n) is 4.16. The molecule has 1 aromatic rings. The smallest absolute Gasteiger partial charge is 0.336 e. The number of carboxylic acids is 1. The minimum Gasteiger partial charge on any atom is -0.478 e. The second kappa shape index (κ2) is 4.58. The van der Waals surface area contributed by atoms with Crippen molar-refractivity contribution >= 4 is 33.7 Å². The van der Waals surface area contributed by atoms with E-state index in [4.69, 9.17) is 5.11 Å². The Morgan fingerprint density at radius 3 is 2.47 bits per heavy atom. The van der Waals surface area contributed by atoms with Gasteiger partial charge in [0.05, 0.1) is 5.56 Å². The molecule has 0 amide bonds. The number of benzene rings is 1. The molecule has 0 heterocycles. The van der Waals surface area contributed by atoms with Crippen molar-refractivity contribution in [1.82, 2.24) is 0 Å². The summed E-state index contributed by atoms with van der Waals surface area (Å²) in [4.78, 5) is 11.8. The first-order valence-corrected chi connectivity index (χ1v) is 6.12. The van der Waals surface area contributed by atoms with Crippen LogP contribution in [0.3, 0.4) is 0 Å². The molecule has 1 N–H and O–H groups in total. The Kier molecular flexibility index (Phi) is 3.84. The summed E-state index contributed by atoms with van der Waals surface area (Å²) in [6.07, 6.45) is 0. The maximum Gasteiger partial charge on any atom is 0.336 e. The van der Waals surface area contributed by atoms with Crippen LogP contribution in [0.1, 0.15) is 31.1 Å². The molecule has 82 valence electrons. The molecule has 0 fully saturated rings. The summed E-state index contributed by atoms with van der Waals surface area (Å²) < 4.78 is 0.802. The minimum atomic E-state index is -0.886. The number of hydrogen-bond acceptors (Lipinski definition) is 2. The molecule has 0 saturated heterocycles. The minimum absolute atomic E-state index is 0.0119. The molecule has 1 rings (SSSR count). The normalized spacial score (nSPS) is 11.5. The quantitative estimate of drug-likeness (QED) is 0.835. The zero-order chi connectivity index (χ0) is 11.6. The van der Waals surface area contributed by atoms with Crippen molar-refractivity contribution in [3.05, 3.63) is 28.2 Å². The Bertz CT molecular complexity index is 383. The van der Waals surface area contributed by atoms with E-state index in [1.54, 1.807) is 17.8 Å². The fourth-order valence-electron chi connectivity index (χ4n) is 1.09. The van der Waals surface area contributed by atoms with Crippen molar-refractivity contribution in [1.29, 1.82) is 0 Å². The number of rotatable bonds is 2. The fourth-order valence-corrected chi connectivity index (χ4v) is 2.50. The van der Waals surface area contributed by atoms with E-state index < -0.39 is 5.97 Å². The van der Waals surface area contributed by atoms with Crippen molar-refractivity contribution in [2.45, 2.75) is 30.4 Å². The molecule has 0 bridgehead atoms. The van der Waals surface area contributed by atoms with Crippen LogP contribution in [0.25, 0.3) is 0 Å². The summed E-state index contributed by atoms with van der Waals surface area (Å²) in [5.41, 5.74) is 0.351. The lowest BCUT2D eigenvalue weighted by molar-refractivity contribution is 0.0693. The fraction of sp³-hybridized carbons (Fsp3) is 0.364. The zero-order valence-electron chi connectivity index (χ0n) is 8.87. The maximum absolute atomic E-state index is 11.0. The Morgan fingerprint density at radius 1 is 1.40 bits per heavy atom. The number of hydrogen-bond donors (Lipinski definition) is 1. The Morgan fingerprint density at radius 2 is 2.00 bits per heavy atom. The first-order valence-electron chi connectivity index (χ1n) is 4.51. The van der Waals surface area contributed by atoms with E-state index in [0.717, 1.165) is 9.37 Å². The molecule has 4 heteroatoms. The number of halogens is 1. The summed E-state index contributed by atoms with van der Waals surface area (Å²) in [6, 6.07) is 5.33. The lowest BCUT2D eigenvalue weighted by atomic mass is 10.2. The van der Waals surface area contributed by atoms with Gasteiger partial charge in [-0.25, -0.2) is 4.79 Å². The maximum atomic E-state index is 11.0. The van der Waals surface area contributed by atoms with Crippen LogP contribution in [0.2, 0.25) is 0 Å². The Balaban J connectivity index is 3.12. The average Bonchev–Trinajstić information content (AvgIpc) is 2.05. The SMILES string of the molecule is CC(C)(C)Sc1ccc(Br)cc1C(=O)O. The largest absolute Gasteiger partial charge is 0.478 e. The topological polar surface area (TPSA) is 37.3 Å². The molecule has 0 saturated carbocycles. The van der Waals surface area contributed by atoms with E-state index in [-0.39, 0.29) is 4.75 Å². The van der Waals surface area contributed by atoms with Gasteiger partial charge in [0, 0.05) is 14.1 Å². The third kappa shape index (κ3) is 3.87. The van der Waals surface area contributed by atoms with Gasteiger partial charge in [0.1, 0.15) is 0 Å². The van der Waals surface area contributed by atoms with E-state index >= 15 is 0 Å². The summed E-state index contributed by atoms with van der Waals surface area (Å²) >= 11 is 4.83. The summed E-state index contributed by atoms with van der Waals surface area (Å²) in [6.45, 7) is 6.18. The highest BCUT2D eigenvalue weighted by molar-refractivity contribution is 9.10. The highest BCUT2D eigenvalue weighted by Gasteiger charge is 2.17. The molecular formula is C11H13BrO2S. The predicted octanol–water partition coefficient (Wildman–Crippen LogP) is 4.04. The van der Waals surface area contributed by atoms with E-state index in [1.165, 1.54) is 0 Å². The number of thioether (sulfide) groups is 1. The van der Waals surface area contributed by atoms with Gasteiger partial charge in [-0.05, 0) is 18.2 Å². The molecule has 0 aromatic heterocycles. The van der Waals surface area contributed by atoms with Gasteiger partial charge in [-0.15, -0.1) is 11.8 Å². The molecule has 2 nitrogen and oxygen atoms in total. The summed E-state index contributed by atoms with van der Waals surface area (Å²) in [5.74, 6) is -0.886. The third-order valence-electron chi connectivity index (χ3n) is 1.59. The average molecular weight is 289 g/mol. The highest BCUT2D eigenvalue weighted by Crippen LogP contribution is 2.35. The standard InChI is InChI=1S/C11H13BrO2S/c1-11(2,3)15-9-5-4-7(12)6-8(9)10(13)14/h4-6H,1-3H3,(H,13,14). The zero-order valence-corrected chi connectivity index (χ0v) is 11.3. The van der Waals surface area contributed by atoms with Crippen LogP contribution in [0.15, 0.2) is 27.6 Å². The Hall–Kier alpha value is -0.480. The molecular weight excluding hydrogens is 276 g/mol. The van der Waals surface area contributed by atoms with Crippen LogP contribution >= 0.6 is 27.7 Å². The lowest BCUT2D eigenvalue weighted by Crippen LogP contribution is -2.09. The number of carboxylic acid groups (broad SMARTS) is 1. The van der Waals surface area contributed by atoms with E-state index in [0.29, 0.717) is 5.56 Å². The molecule has 0 aliphatic rings. The van der Waals surface area contributed by atoms with Crippen molar-refractivity contribution in [2.75, 3.05) is 0 Å². The van der Waals surface area contributed by atoms with Gasteiger partial charge in [0.15, 0.2) is 0 Å². The van der Waals surface area contributed by atoms with E-state index in [1.807, 2.05) is 12.1 Å². The monoisotopic (exact) mass is 288 g/mol. The first-order chi connectivity index (χ1) is 6.79. The van der Waals surface area contributed by atoms with Crippen LogP contribution in [0.5, 0.6) is 0 Å². The van der Waals surface area contributed by atoms with E-state index in [2.05, 4.69) is 36.7 Å². The summed E-state index contributed by atoms with van der Waals surface area (Å²) in [5, 5.41) is 9.05. The summed E-state index contributed by atoms with van der Waals surface area (Å²) in [7, 11) is 0. The van der Waals surface area contributed by atoms with Gasteiger partial charge in [-0.3, -0.25) is 0 Å². The molecule has 0 unspecified atom stereocenters. The van der Waals surface area contributed by atoms with Crippen molar-refractivity contribution in [2.24, 2.45) is 0 Å². The van der Waals surface area contributed by atoms with Gasteiger partial charge < -0.3 is 5.11 Å².